The number of phenols is 1. The van der Waals surface area contributed by atoms with Gasteiger partial charge in [0.05, 0.1) is 22.6 Å². The van der Waals surface area contributed by atoms with E-state index in [1.807, 2.05) is 38.2 Å². The maximum Gasteiger partial charge on any atom is 0.269 e. The number of rotatable bonds is 8. The number of aromatic hydroxyl groups is 1. The van der Waals surface area contributed by atoms with Gasteiger partial charge in [-0.05, 0) is 78.1 Å². The topological polar surface area (TPSA) is 125 Å². The molecule has 220 valence electrons. The van der Waals surface area contributed by atoms with Crippen LogP contribution in [-0.4, -0.2) is 33.5 Å². The number of nitrogens with zero attached hydrogens (tertiary/aromatic N) is 2. The largest absolute Gasteiger partial charge is 0.508 e. The van der Waals surface area contributed by atoms with Gasteiger partial charge in [0.15, 0.2) is 5.79 Å². The minimum Gasteiger partial charge on any atom is -0.508 e. The molecule has 0 spiro atoms. The van der Waals surface area contributed by atoms with E-state index in [-0.39, 0.29) is 23.2 Å². The van der Waals surface area contributed by atoms with Gasteiger partial charge in [0.1, 0.15) is 5.75 Å². The van der Waals surface area contributed by atoms with Crippen LogP contribution in [-0.2, 0) is 15.9 Å². The second-order valence-electron chi connectivity index (χ2n) is 10.4. The van der Waals surface area contributed by atoms with Gasteiger partial charge in [0.2, 0.25) is 0 Å². The molecule has 0 aromatic heterocycles. The van der Waals surface area contributed by atoms with Gasteiger partial charge >= 0.3 is 0 Å². The molecule has 1 atom stereocenters. The molecule has 1 aliphatic rings. The first-order valence-electron chi connectivity index (χ1n) is 13.6. The van der Waals surface area contributed by atoms with Crippen LogP contribution in [0.15, 0.2) is 97.1 Å². The summed E-state index contributed by atoms with van der Waals surface area (Å²) in [5.74, 6) is -0.263. The molecule has 43 heavy (non-hydrogen) atoms. The van der Waals surface area contributed by atoms with Gasteiger partial charge in [-0.3, -0.25) is 20.2 Å². The average Bonchev–Trinajstić information content (AvgIpc) is 3.35. The summed E-state index contributed by atoms with van der Waals surface area (Å²) in [4.78, 5) is 20.3. The molecule has 9 nitrogen and oxygen atoms in total. The number of non-ortho nitro benzene ring substituents is 2. The lowest BCUT2D eigenvalue weighted by molar-refractivity contribution is -0.385. The quantitative estimate of drug-likeness (QED) is 0.127. The lowest BCUT2D eigenvalue weighted by atomic mass is 10.1. The van der Waals surface area contributed by atoms with Crippen molar-refractivity contribution in [3.05, 3.63) is 145 Å². The molecule has 1 saturated heterocycles. The molecule has 0 radical (unpaired) electrons. The summed E-state index contributed by atoms with van der Waals surface area (Å²) in [7, 11) is 0. The van der Waals surface area contributed by atoms with Crippen LogP contribution in [0.25, 0.3) is 24.3 Å². The first-order chi connectivity index (χ1) is 20.6. The zero-order chi connectivity index (χ0) is 30.8. The van der Waals surface area contributed by atoms with Crippen LogP contribution < -0.4 is 0 Å². The average molecular weight is 581 g/mol. The second-order valence-corrected chi connectivity index (χ2v) is 10.4. The Balaban J connectivity index is 0.000000208. The smallest absolute Gasteiger partial charge is 0.269 e. The Bertz CT molecular complexity index is 1580. The van der Waals surface area contributed by atoms with Gasteiger partial charge in [-0.2, -0.15) is 0 Å². The third-order valence-electron chi connectivity index (χ3n) is 6.55. The first-order valence-corrected chi connectivity index (χ1v) is 13.6. The minimum atomic E-state index is -0.488. The van der Waals surface area contributed by atoms with Crippen LogP contribution >= 0.6 is 0 Å². The maximum atomic E-state index is 10.7. The summed E-state index contributed by atoms with van der Waals surface area (Å²) in [6, 6.07) is 27.9. The van der Waals surface area contributed by atoms with Crippen LogP contribution in [0.3, 0.4) is 0 Å². The Morgan fingerprint density at radius 2 is 1.07 bits per heavy atom. The summed E-state index contributed by atoms with van der Waals surface area (Å²) in [5.41, 5.74) is 5.22. The Morgan fingerprint density at radius 3 is 1.42 bits per heavy atom. The van der Waals surface area contributed by atoms with E-state index in [4.69, 9.17) is 14.6 Å². The van der Waals surface area contributed by atoms with E-state index in [9.17, 15) is 20.2 Å². The number of hydrogen-bond donors (Lipinski definition) is 1. The molecule has 9 heteroatoms. The molecule has 5 rings (SSSR count). The van der Waals surface area contributed by atoms with E-state index in [0.717, 1.165) is 28.7 Å². The molecular formula is C34H32N2O7. The molecule has 0 aliphatic carbocycles. The van der Waals surface area contributed by atoms with Crippen LogP contribution in [0, 0.1) is 20.2 Å². The standard InChI is InChI=1S/C20H21NO4.C14H11NO3/c1-20(2)24-14-19(25-20)13-17-7-5-15(6-8-17)3-4-16-9-11-18(12-10-16)21(22)23;16-14-9-5-12(6-10-14)2-1-11-3-7-13(8-4-11)15(17)18/h3-12,19H,13-14H2,1-2H3;1-10,16H. The van der Waals surface area contributed by atoms with Crippen LogP contribution in [0.2, 0.25) is 0 Å². The van der Waals surface area contributed by atoms with Gasteiger partial charge in [-0.25, -0.2) is 0 Å². The van der Waals surface area contributed by atoms with Crippen LogP contribution in [0.4, 0.5) is 11.4 Å². The van der Waals surface area contributed by atoms with E-state index < -0.39 is 15.6 Å². The van der Waals surface area contributed by atoms with Gasteiger partial charge in [0, 0.05) is 30.7 Å². The molecule has 0 amide bonds. The van der Waals surface area contributed by atoms with Crippen molar-refractivity contribution in [2.75, 3.05) is 6.61 Å². The van der Waals surface area contributed by atoms with Gasteiger partial charge < -0.3 is 14.6 Å². The molecule has 1 fully saturated rings. The number of nitro groups is 2. The fourth-order valence-electron chi connectivity index (χ4n) is 4.28. The Morgan fingerprint density at radius 1 is 0.698 bits per heavy atom. The third-order valence-corrected chi connectivity index (χ3v) is 6.55. The molecule has 1 unspecified atom stereocenters. The predicted molar refractivity (Wildman–Crippen MR) is 167 cm³/mol. The number of benzene rings is 4. The van der Waals surface area contributed by atoms with E-state index in [1.54, 1.807) is 48.5 Å². The highest BCUT2D eigenvalue weighted by molar-refractivity contribution is 5.71. The number of ether oxygens (including phenoxy) is 2. The summed E-state index contributed by atoms with van der Waals surface area (Å²) in [5, 5.41) is 30.3. The van der Waals surface area contributed by atoms with Crippen molar-refractivity contribution < 1.29 is 24.4 Å². The van der Waals surface area contributed by atoms with Crippen molar-refractivity contribution >= 4 is 35.7 Å². The Hall–Kier alpha value is -5.12. The molecule has 0 bridgehead atoms. The molecular weight excluding hydrogens is 548 g/mol. The normalized spacial score (nSPS) is 15.7. The third kappa shape index (κ3) is 9.74. The van der Waals surface area contributed by atoms with E-state index in [1.165, 1.54) is 29.8 Å². The Labute approximate surface area is 249 Å². The summed E-state index contributed by atoms with van der Waals surface area (Å²) in [6.07, 6.45) is 8.58. The second kappa shape index (κ2) is 14.2. The molecule has 1 heterocycles. The van der Waals surface area contributed by atoms with E-state index in [0.29, 0.717) is 6.61 Å². The highest BCUT2D eigenvalue weighted by Crippen LogP contribution is 2.25. The van der Waals surface area contributed by atoms with Crippen LogP contribution in [0.1, 0.15) is 41.7 Å². The van der Waals surface area contributed by atoms with Crippen molar-refractivity contribution in [3.8, 4) is 5.75 Å². The molecule has 0 saturated carbocycles. The molecule has 4 aromatic rings. The van der Waals surface area contributed by atoms with Gasteiger partial charge in [-0.1, -0.05) is 60.7 Å². The van der Waals surface area contributed by atoms with Crippen molar-refractivity contribution in [1.82, 2.24) is 0 Å². The monoisotopic (exact) mass is 580 g/mol. The number of phenolic OH excluding ortho intramolecular Hbond substituents is 1. The summed E-state index contributed by atoms with van der Waals surface area (Å²) < 4.78 is 11.4. The zero-order valence-electron chi connectivity index (χ0n) is 23.8. The van der Waals surface area contributed by atoms with E-state index >= 15 is 0 Å². The van der Waals surface area contributed by atoms with Crippen molar-refractivity contribution in [2.45, 2.75) is 32.2 Å². The lowest BCUT2D eigenvalue weighted by Gasteiger charge is -2.17. The van der Waals surface area contributed by atoms with Gasteiger partial charge in [0.25, 0.3) is 11.4 Å². The number of nitro benzene ring substituents is 2. The van der Waals surface area contributed by atoms with Crippen molar-refractivity contribution in [3.63, 3.8) is 0 Å². The highest BCUT2D eigenvalue weighted by atomic mass is 16.7. The van der Waals surface area contributed by atoms with Crippen LogP contribution in [0.5, 0.6) is 5.75 Å². The summed E-state index contributed by atoms with van der Waals surface area (Å²) >= 11 is 0. The first kappa shape index (κ1) is 30.8. The fraction of sp³-hybridized carbons (Fsp3) is 0.176. The maximum absolute atomic E-state index is 10.7. The Kier molecular flexibility index (Phi) is 10.2. The highest BCUT2D eigenvalue weighted by Gasteiger charge is 2.32. The molecule has 1 N–H and O–H groups in total. The summed E-state index contributed by atoms with van der Waals surface area (Å²) in [6.45, 7) is 4.48. The predicted octanol–water partition coefficient (Wildman–Crippen LogP) is 7.93. The van der Waals surface area contributed by atoms with Crippen molar-refractivity contribution in [1.29, 1.82) is 0 Å². The van der Waals surface area contributed by atoms with E-state index in [2.05, 4.69) is 24.3 Å². The molecule has 4 aromatic carbocycles. The zero-order valence-corrected chi connectivity index (χ0v) is 23.8. The molecule has 1 aliphatic heterocycles. The SMILES string of the molecule is CC1(C)OCC(Cc2ccc(C=Cc3ccc([N+](=O)[O-])cc3)cc2)O1.O=[N+]([O-])c1ccc(C=Cc2ccc(O)cc2)cc1. The van der Waals surface area contributed by atoms with Crippen molar-refractivity contribution in [2.24, 2.45) is 0 Å². The fourth-order valence-corrected chi connectivity index (χ4v) is 4.28. The lowest BCUT2D eigenvalue weighted by Crippen LogP contribution is -2.22. The van der Waals surface area contributed by atoms with Gasteiger partial charge in [-0.15, -0.1) is 0 Å². The minimum absolute atomic E-state index is 0.0804. The number of hydrogen-bond acceptors (Lipinski definition) is 7.